The molecule has 1 spiro atoms. The van der Waals surface area contributed by atoms with E-state index in [0.29, 0.717) is 18.1 Å². The van der Waals surface area contributed by atoms with Crippen molar-refractivity contribution < 1.29 is 22.7 Å². The Morgan fingerprint density at radius 1 is 1.11 bits per heavy atom. The van der Waals surface area contributed by atoms with Crippen molar-refractivity contribution in [2.45, 2.75) is 58.2 Å². The van der Waals surface area contributed by atoms with Gasteiger partial charge < -0.3 is 9.64 Å². The molecule has 2 bridgehead atoms. The number of amides is 2. The second-order valence-electron chi connectivity index (χ2n) is 11.5. The van der Waals surface area contributed by atoms with Gasteiger partial charge in [-0.25, -0.2) is 12.7 Å². The van der Waals surface area contributed by atoms with Crippen LogP contribution < -0.4 is 4.74 Å². The van der Waals surface area contributed by atoms with Crippen molar-refractivity contribution in [3.8, 4) is 5.75 Å². The number of alkyl halides is 1. The van der Waals surface area contributed by atoms with E-state index in [9.17, 15) is 18.0 Å². The van der Waals surface area contributed by atoms with Crippen LogP contribution in [0, 0.1) is 16.7 Å². The van der Waals surface area contributed by atoms with E-state index in [1.807, 2.05) is 42.5 Å². The summed E-state index contributed by atoms with van der Waals surface area (Å²) in [5.41, 5.74) is 1.02. The van der Waals surface area contributed by atoms with Crippen LogP contribution in [0.15, 0.2) is 54.6 Å². The Morgan fingerprint density at radius 3 is 2.39 bits per heavy atom. The second kappa shape index (κ2) is 9.87. The van der Waals surface area contributed by atoms with Gasteiger partial charge in [0.25, 0.3) is 5.91 Å². The number of fused-ring (bicyclic) bond motifs is 1. The lowest BCUT2D eigenvalue weighted by Gasteiger charge is -2.38. The van der Waals surface area contributed by atoms with Crippen molar-refractivity contribution in [3.05, 3.63) is 65.7 Å². The quantitative estimate of drug-likeness (QED) is 0.453. The summed E-state index contributed by atoms with van der Waals surface area (Å²) in [5, 5.41) is 0. The first-order chi connectivity index (χ1) is 18.0. The lowest BCUT2D eigenvalue weighted by Crippen LogP contribution is -2.55. The van der Waals surface area contributed by atoms with Gasteiger partial charge in [-0.2, -0.15) is 0 Å². The molecule has 38 heavy (non-hydrogen) atoms. The zero-order valence-electron chi connectivity index (χ0n) is 22.1. The number of carbonyl (C=O) groups is 2. The van der Waals surface area contributed by atoms with Gasteiger partial charge in [-0.3, -0.25) is 9.59 Å². The molecule has 4 atom stereocenters. The standard InChI is InChI=1S/C29H35ClN2O5S/c1-28(2)22-13-14-29(28)19-38(35,36)32(25(29)16-22)27(34)24(15-20-7-5-4-6-8-20)31(26(33)17-30)18-21-9-11-23(37-3)12-10-21/h4-12,22,24-25H,13-19H2,1-3H3/t22-,24-,25-,29-/m0/s1. The molecule has 3 aliphatic rings. The molecule has 2 aromatic rings. The number of nitrogens with zero attached hydrogens (tertiary/aromatic N) is 2. The van der Waals surface area contributed by atoms with Crippen LogP contribution in [-0.2, 0) is 32.6 Å². The molecule has 5 rings (SSSR count). The molecule has 2 aromatic carbocycles. The van der Waals surface area contributed by atoms with Gasteiger partial charge in [0.1, 0.15) is 17.7 Å². The minimum Gasteiger partial charge on any atom is -0.497 e. The maximum absolute atomic E-state index is 14.4. The number of methoxy groups -OCH3 is 1. The number of rotatable bonds is 8. The summed E-state index contributed by atoms with van der Waals surface area (Å²) in [6.45, 7) is 4.43. The Bertz CT molecular complexity index is 1310. The van der Waals surface area contributed by atoms with Gasteiger partial charge in [0.15, 0.2) is 0 Å². The lowest BCUT2D eigenvalue weighted by molar-refractivity contribution is -0.143. The van der Waals surface area contributed by atoms with Crippen LogP contribution in [0.4, 0.5) is 0 Å². The van der Waals surface area contributed by atoms with Crippen molar-refractivity contribution in [1.82, 2.24) is 9.21 Å². The molecule has 3 fully saturated rings. The van der Waals surface area contributed by atoms with Gasteiger partial charge in [-0.1, -0.05) is 56.3 Å². The highest BCUT2D eigenvalue weighted by atomic mass is 35.5. The van der Waals surface area contributed by atoms with Crippen molar-refractivity contribution in [1.29, 1.82) is 0 Å². The fraction of sp³-hybridized carbons (Fsp3) is 0.517. The molecule has 7 nitrogen and oxygen atoms in total. The molecular weight excluding hydrogens is 524 g/mol. The van der Waals surface area contributed by atoms with Crippen LogP contribution in [0.2, 0.25) is 0 Å². The summed E-state index contributed by atoms with van der Waals surface area (Å²) in [7, 11) is -2.27. The Labute approximate surface area is 230 Å². The minimum absolute atomic E-state index is 0.0140. The maximum Gasteiger partial charge on any atom is 0.259 e. The highest BCUT2D eigenvalue weighted by Crippen LogP contribution is 2.70. The van der Waals surface area contributed by atoms with Gasteiger partial charge in [0.2, 0.25) is 15.9 Å². The first-order valence-corrected chi connectivity index (χ1v) is 15.3. The zero-order chi connectivity index (χ0) is 27.3. The van der Waals surface area contributed by atoms with E-state index in [0.717, 1.165) is 24.0 Å². The molecule has 0 radical (unpaired) electrons. The zero-order valence-corrected chi connectivity index (χ0v) is 23.7. The molecule has 2 aliphatic carbocycles. The topological polar surface area (TPSA) is 84.0 Å². The van der Waals surface area contributed by atoms with Crippen LogP contribution >= 0.6 is 11.6 Å². The largest absolute Gasteiger partial charge is 0.497 e. The van der Waals surface area contributed by atoms with Gasteiger partial charge in [0, 0.05) is 18.4 Å². The smallest absolute Gasteiger partial charge is 0.259 e. The number of halogens is 1. The highest BCUT2D eigenvalue weighted by molar-refractivity contribution is 7.90. The Hall–Kier alpha value is -2.58. The van der Waals surface area contributed by atoms with Gasteiger partial charge in [-0.15, -0.1) is 11.6 Å². The monoisotopic (exact) mass is 558 g/mol. The third-order valence-corrected chi connectivity index (χ3v) is 11.7. The molecule has 2 saturated carbocycles. The van der Waals surface area contributed by atoms with E-state index in [1.54, 1.807) is 19.2 Å². The van der Waals surface area contributed by atoms with Crippen molar-refractivity contribution in [3.63, 3.8) is 0 Å². The van der Waals surface area contributed by atoms with E-state index < -0.39 is 33.3 Å². The second-order valence-corrected chi connectivity index (χ2v) is 13.6. The van der Waals surface area contributed by atoms with E-state index >= 15 is 0 Å². The average Bonchev–Trinajstić information content (AvgIpc) is 3.39. The number of hydrogen-bond acceptors (Lipinski definition) is 5. The van der Waals surface area contributed by atoms with Crippen molar-refractivity contribution in [2.75, 3.05) is 18.7 Å². The predicted octanol–water partition coefficient (Wildman–Crippen LogP) is 4.24. The molecule has 1 saturated heterocycles. The number of hydrogen-bond donors (Lipinski definition) is 0. The van der Waals surface area contributed by atoms with Crippen LogP contribution in [-0.4, -0.2) is 60.3 Å². The van der Waals surface area contributed by atoms with Crippen LogP contribution in [0.25, 0.3) is 0 Å². The summed E-state index contributed by atoms with van der Waals surface area (Å²) in [5.74, 6) is -0.231. The molecular formula is C29H35ClN2O5S. The molecule has 9 heteroatoms. The van der Waals surface area contributed by atoms with Crippen LogP contribution in [0.1, 0.15) is 44.2 Å². The average molecular weight is 559 g/mol. The molecule has 1 aliphatic heterocycles. The molecule has 0 unspecified atom stereocenters. The van der Waals surface area contributed by atoms with Crippen molar-refractivity contribution >= 4 is 33.4 Å². The van der Waals surface area contributed by atoms with E-state index in [4.69, 9.17) is 16.3 Å². The maximum atomic E-state index is 14.4. The fourth-order valence-electron chi connectivity index (χ4n) is 7.27. The number of sulfonamides is 1. The summed E-state index contributed by atoms with van der Waals surface area (Å²) in [4.78, 5) is 29.1. The Balaban J connectivity index is 1.54. The molecule has 0 N–H and O–H groups in total. The van der Waals surface area contributed by atoms with Gasteiger partial charge >= 0.3 is 0 Å². The van der Waals surface area contributed by atoms with Gasteiger partial charge in [0.05, 0.1) is 18.9 Å². The van der Waals surface area contributed by atoms with Crippen LogP contribution in [0.3, 0.4) is 0 Å². The van der Waals surface area contributed by atoms with E-state index in [2.05, 4.69) is 13.8 Å². The number of ether oxygens (including phenoxy) is 1. The van der Waals surface area contributed by atoms with Crippen molar-refractivity contribution in [2.24, 2.45) is 16.7 Å². The fourth-order valence-corrected chi connectivity index (χ4v) is 9.99. The van der Waals surface area contributed by atoms with Gasteiger partial charge in [-0.05, 0) is 53.9 Å². The normalized spacial score (nSPS) is 27.1. The van der Waals surface area contributed by atoms with E-state index in [1.165, 1.54) is 9.21 Å². The van der Waals surface area contributed by atoms with Crippen LogP contribution in [0.5, 0.6) is 5.75 Å². The Morgan fingerprint density at radius 2 is 1.79 bits per heavy atom. The predicted molar refractivity (Wildman–Crippen MR) is 146 cm³/mol. The minimum atomic E-state index is -3.85. The third-order valence-electron chi connectivity index (χ3n) is 9.51. The molecule has 1 heterocycles. The first-order valence-electron chi connectivity index (χ1n) is 13.1. The Kier molecular flexibility index (Phi) is 7.01. The van der Waals surface area contributed by atoms with E-state index in [-0.39, 0.29) is 36.1 Å². The highest BCUT2D eigenvalue weighted by Gasteiger charge is 2.72. The summed E-state index contributed by atoms with van der Waals surface area (Å²) in [6, 6.07) is 15.2. The summed E-state index contributed by atoms with van der Waals surface area (Å²) >= 11 is 6.05. The summed E-state index contributed by atoms with van der Waals surface area (Å²) < 4.78 is 33.8. The first kappa shape index (κ1) is 27.0. The number of carbonyl (C=O) groups excluding carboxylic acids is 2. The number of benzene rings is 2. The molecule has 0 aromatic heterocycles. The lowest BCUT2D eigenvalue weighted by atomic mass is 9.69. The summed E-state index contributed by atoms with van der Waals surface area (Å²) in [6.07, 6.45) is 2.66. The third kappa shape index (κ3) is 4.30. The molecule has 204 valence electrons. The SMILES string of the molecule is COc1ccc(CN(C(=O)CCl)[C@@H](Cc2ccccc2)C(=O)N2[C@H]3C[C@@H]4CC[C@@]3(CS2(=O)=O)C4(C)C)cc1. The molecule has 2 amide bonds.